The largest absolute Gasteiger partial charge is 0.346 e. The van der Waals surface area contributed by atoms with E-state index in [1.54, 1.807) is 6.07 Å². The molecule has 1 aliphatic carbocycles. The second-order valence-corrected chi connectivity index (χ2v) is 8.37. The number of amides is 1. The van der Waals surface area contributed by atoms with Crippen LogP contribution in [0.3, 0.4) is 0 Å². The molecule has 0 bridgehead atoms. The molecule has 8 nitrogen and oxygen atoms in total. The Hall–Kier alpha value is -1.90. The van der Waals surface area contributed by atoms with E-state index in [0.717, 1.165) is 18.5 Å². The zero-order valence-electron chi connectivity index (χ0n) is 17.1. The van der Waals surface area contributed by atoms with E-state index < -0.39 is 16.8 Å². The predicted octanol–water partition coefficient (Wildman–Crippen LogP) is 1.93. The number of hydrogen-bond acceptors (Lipinski definition) is 5. The van der Waals surface area contributed by atoms with Crippen molar-refractivity contribution in [3.05, 3.63) is 38.2 Å². The van der Waals surface area contributed by atoms with Gasteiger partial charge in [0.25, 0.3) is 11.5 Å². The molecule has 0 unspecified atom stereocenters. The van der Waals surface area contributed by atoms with Gasteiger partial charge in [0.2, 0.25) is 0 Å². The molecule has 0 aromatic carbocycles. The first-order valence-corrected chi connectivity index (χ1v) is 9.33. The average Bonchev–Trinajstić information content (AvgIpc) is 3.42. The van der Waals surface area contributed by atoms with Crippen molar-refractivity contribution in [1.29, 1.82) is 0 Å². The van der Waals surface area contributed by atoms with Crippen molar-refractivity contribution in [3.63, 3.8) is 0 Å². The van der Waals surface area contributed by atoms with Crippen LogP contribution in [0.4, 0.5) is 0 Å². The van der Waals surface area contributed by atoms with Gasteiger partial charge in [-0.1, -0.05) is 13.8 Å². The SMILES string of the molecule is CC(C)Cn1c(=O)[nH]c(=O)c2c(C(=O)NC(C)(C)CN)cc(C3CC3)nc21.Cl.Cl. The normalized spacial score (nSPS) is 13.7. The van der Waals surface area contributed by atoms with Crippen LogP contribution in [0.5, 0.6) is 0 Å². The molecular formula is C19H29Cl2N5O3. The Labute approximate surface area is 181 Å². The van der Waals surface area contributed by atoms with Crippen LogP contribution in [0.15, 0.2) is 15.7 Å². The number of hydrogen-bond donors (Lipinski definition) is 3. The summed E-state index contributed by atoms with van der Waals surface area (Å²) >= 11 is 0. The number of carbonyl (C=O) groups excluding carboxylic acids is 1. The highest BCUT2D eigenvalue weighted by molar-refractivity contribution is 6.05. The summed E-state index contributed by atoms with van der Waals surface area (Å²) in [5, 5.41) is 3.01. The van der Waals surface area contributed by atoms with Crippen molar-refractivity contribution in [2.75, 3.05) is 6.54 Å². The fraction of sp³-hybridized carbons (Fsp3) is 0.579. The van der Waals surface area contributed by atoms with Crippen LogP contribution in [0.1, 0.15) is 62.5 Å². The summed E-state index contributed by atoms with van der Waals surface area (Å²) in [6, 6.07) is 1.68. The van der Waals surface area contributed by atoms with E-state index in [9.17, 15) is 14.4 Å². The minimum absolute atomic E-state index is 0. The molecule has 1 aliphatic rings. The minimum Gasteiger partial charge on any atom is -0.346 e. The van der Waals surface area contributed by atoms with Crippen molar-refractivity contribution in [1.82, 2.24) is 19.9 Å². The van der Waals surface area contributed by atoms with Crippen LogP contribution in [-0.2, 0) is 6.54 Å². The maximum atomic E-state index is 13.0. The number of halogens is 2. The molecule has 1 saturated carbocycles. The Bertz CT molecular complexity index is 1010. The number of aromatic nitrogens is 3. The number of carbonyl (C=O) groups is 1. The topological polar surface area (TPSA) is 123 Å². The van der Waals surface area contributed by atoms with Gasteiger partial charge in [-0.3, -0.25) is 19.1 Å². The molecule has 3 rings (SSSR count). The molecule has 4 N–H and O–H groups in total. The molecule has 10 heteroatoms. The number of nitrogens with zero attached hydrogens (tertiary/aromatic N) is 2. The Balaban J connectivity index is 0.00000210. The van der Waals surface area contributed by atoms with Crippen molar-refractivity contribution in [2.24, 2.45) is 11.7 Å². The van der Waals surface area contributed by atoms with Crippen LogP contribution in [0.25, 0.3) is 11.0 Å². The number of fused-ring (bicyclic) bond motifs is 1. The molecule has 0 aliphatic heterocycles. The van der Waals surface area contributed by atoms with E-state index in [1.165, 1.54) is 4.57 Å². The second kappa shape index (κ2) is 9.28. The third-order valence-electron chi connectivity index (χ3n) is 4.72. The molecule has 1 fully saturated rings. The molecule has 0 saturated heterocycles. The van der Waals surface area contributed by atoms with Crippen molar-refractivity contribution >= 4 is 41.8 Å². The Morgan fingerprint density at radius 2 is 1.97 bits per heavy atom. The summed E-state index contributed by atoms with van der Waals surface area (Å²) in [5.74, 6) is 0.0574. The molecule has 162 valence electrons. The van der Waals surface area contributed by atoms with Crippen LogP contribution in [0.2, 0.25) is 0 Å². The smallest absolute Gasteiger partial charge is 0.330 e. The fourth-order valence-corrected chi connectivity index (χ4v) is 3.02. The van der Waals surface area contributed by atoms with Gasteiger partial charge in [-0.25, -0.2) is 9.78 Å². The van der Waals surface area contributed by atoms with Gasteiger partial charge in [-0.2, -0.15) is 0 Å². The monoisotopic (exact) mass is 445 g/mol. The number of nitrogens with two attached hydrogens (primary N) is 1. The fourth-order valence-electron chi connectivity index (χ4n) is 3.02. The first kappa shape index (κ1) is 25.1. The number of rotatable bonds is 6. The number of pyridine rings is 1. The maximum Gasteiger partial charge on any atom is 0.330 e. The van der Waals surface area contributed by atoms with E-state index in [-0.39, 0.29) is 65.7 Å². The third kappa shape index (κ3) is 5.38. The number of nitrogens with one attached hydrogen (secondary N) is 2. The minimum atomic E-state index is -0.619. The molecular weight excluding hydrogens is 417 g/mol. The Morgan fingerprint density at radius 1 is 1.34 bits per heavy atom. The van der Waals surface area contributed by atoms with Gasteiger partial charge in [-0.15, -0.1) is 24.8 Å². The van der Waals surface area contributed by atoms with Crippen LogP contribution < -0.4 is 22.3 Å². The summed E-state index contributed by atoms with van der Waals surface area (Å²) in [6.45, 7) is 8.25. The van der Waals surface area contributed by atoms with Gasteiger partial charge in [-0.05, 0) is 38.7 Å². The molecule has 2 aromatic heterocycles. The van der Waals surface area contributed by atoms with E-state index >= 15 is 0 Å². The summed E-state index contributed by atoms with van der Waals surface area (Å²) < 4.78 is 1.46. The maximum absolute atomic E-state index is 13.0. The zero-order valence-corrected chi connectivity index (χ0v) is 18.7. The molecule has 2 heterocycles. The number of H-pyrrole nitrogens is 1. The summed E-state index contributed by atoms with van der Waals surface area (Å²) in [4.78, 5) is 44.9. The molecule has 29 heavy (non-hydrogen) atoms. The summed E-state index contributed by atoms with van der Waals surface area (Å²) in [6.07, 6.45) is 1.98. The lowest BCUT2D eigenvalue weighted by Gasteiger charge is -2.24. The van der Waals surface area contributed by atoms with Crippen LogP contribution >= 0.6 is 24.8 Å². The highest BCUT2D eigenvalue weighted by Crippen LogP contribution is 2.39. The van der Waals surface area contributed by atoms with E-state index in [1.807, 2.05) is 27.7 Å². The lowest BCUT2D eigenvalue weighted by Crippen LogP contribution is -2.49. The molecule has 1 amide bonds. The summed E-state index contributed by atoms with van der Waals surface area (Å²) in [5.41, 5.74) is 5.27. The lowest BCUT2D eigenvalue weighted by molar-refractivity contribution is 0.0917. The van der Waals surface area contributed by atoms with Gasteiger partial charge in [0.05, 0.1) is 10.9 Å². The quantitative estimate of drug-likeness (QED) is 0.626. The van der Waals surface area contributed by atoms with Gasteiger partial charge >= 0.3 is 5.69 Å². The number of aromatic amines is 1. The third-order valence-corrected chi connectivity index (χ3v) is 4.72. The van der Waals surface area contributed by atoms with Gasteiger partial charge in [0.1, 0.15) is 0 Å². The lowest BCUT2D eigenvalue weighted by atomic mass is 10.0. The first-order valence-electron chi connectivity index (χ1n) is 9.33. The molecule has 0 atom stereocenters. The van der Waals surface area contributed by atoms with Gasteiger partial charge in [0, 0.05) is 30.2 Å². The van der Waals surface area contributed by atoms with E-state index in [0.29, 0.717) is 6.54 Å². The van der Waals surface area contributed by atoms with Crippen LogP contribution in [-0.4, -0.2) is 32.5 Å². The highest BCUT2D eigenvalue weighted by Gasteiger charge is 2.30. The van der Waals surface area contributed by atoms with E-state index in [2.05, 4.69) is 15.3 Å². The van der Waals surface area contributed by atoms with Crippen molar-refractivity contribution in [2.45, 2.75) is 58.5 Å². The highest BCUT2D eigenvalue weighted by atomic mass is 35.5. The van der Waals surface area contributed by atoms with Crippen molar-refractivity contribution < 1.29 is 4.79 Å². The molecule has 0 spiro atoms. The molecule has 2 aromatic rings. The Kier molecular flexibility index (Phi) is 8.04. The van der Waals surface area contributed by atoms with E-state index in [4.69, 9.17) is 5.73 Å². The summed E-state index contributed by atoms with van der Waals surface area (Å²) in [7, 11) is 0. The van der Waals surface area contributed by atoms with Crippen molar-refractivity contribution in [3.8, 4) is 0 Å². The average molecular weight is 446 g/mol. The first-order chi connectivity index (χ1) is 12.6. The predicted molar refractivity (Wildman–Crippen MR) is 119 cm³/mol. The Morgan fingerprint density at radius 3 is 2.48 bits per heavy atom. The standard InChI is InChI=1S/C19H27N5O3.2ClH/c1-10(2)8-24-15-14(17(26)22-18(24)27)12(7-13(21-15)11-5-6-11)16(25)23-19(3,4)9-20;;/h7,10-11H,5-6,8-9,20H2,1-4H3,(H,23,25)(H,22,26,27);2*1H. The van der Waals surface area contributed by atoms with Gasteiger partial charge in [0.15, 0.2) is 5.65 Å². The zero-order chi connectivity index (χ0) is 19.9. The van der Waals surface area contributed by atoms with Crippen LogP contribution in [0, 0.1) is 5.92 Å². The molecule has 0 radical (unpaired) electrons. The van der Waals surface area contributed by atoms with Gasteiger partial charge < -0.3 is 11.1 Å². The second-order valence-electron chi connectivity index (χ2n) is 8.37.